The molecule has 0 aliphatic carbocycles. The van der Waals surface area contributed by atoms with Crippen molar-refractivity contribution in [1.82, 2.24) is 49.8 Å². The monoisotopic (exact) mass is 1880 g/mol. The highest BCUT2D eigenvalue weighted by Crippen LogP contribution is 2.47. The van der Waals surface area contributed by atoms with E-state index >= 15 is 0 Å². The van der Waals surface area contributed by atoms with Gasteiger partial charge in [-0.15, -0.1) is 11.3 Å². The van der Waals surface area contributed by atoms with Crippen molar-refractivity contribution in [3.63, 3.8) is 0 Å². The molecule has 18 nitrogen and oxygen atoms in total. The molecule has 11 heterocycles. The van der Waals surface area contributed by atoms with Gasteiger partial charge in [0.2, 0.25) is 0 Å². The SMILES string of the molecule is CCOc1ccc(C(Cc2ccccn2)c2cc(Cl)c3cccnc3c2O)cc1.Cc1ccc(C)c(C(Cc2cccnc2)c2cc(Cl)c3cccnc3c2O)c1.Cc1ccnc(CC(c2ccc3cccnc3c2O)c2sccc2C)c1.Cc1ccnc(NC(c2ccc(C)c(O)c2)c2ccc3cccnc3c2O)c1.Oc1c(C(Cc2ccccn2)c2ccccc2Cl)ccc2cccnc12. The van der Waals surface area contributed by atoms with Crippen LogP contribution in [0.3, 0.4) is 0 Å². The van der Waals surface area contributed by atoms with Crippen LogP contribution in [0.25, 0.3) is 54.5 Å². The molecule has 0 radical (unpaired) electrons. The summed E-state index contributed by atoms with van der Waals surface area (Å²) in [4.78, 5) is 45.2. The number of nitrogens with zero attached hydrogens (tertiary/aromatic N) is 10. The number of ether oxygens (including phenoxy) is 1. The van der Waals surface area contributed by atoms with Crippen molar-refractivity contribution in [2.75, 3.05) is 11.9 Å². The van der Waals surface area contributed by atoms with Gasteiger partial charge in [0.25, 0.3) is 0 Å². The largest absolute Gasteiger partial charge is 0.508 e. The van der Waals surface area contributed by atoms with Crippen LogP contribution in [-0.4, -0.2) is 87.1 Å². The zero-order chi connectivity index (χ0) is 95.6. The Morgan fingerprint density at radius 3 is 1.36 bits per heavy atom. The maximum absolute atomic E-state index is 11.1. The van der Waals surface area contributed by atoms with Crippen molar-refractivity contribution in [2.45, 2.75) is 104 Å². The van der Waals surface area contributed by atoms with Crippen LogP contribution in [0.2, 0.25) is 15.1 Å². The van der Waals surface area contributed by atoms with E-state index in [1.54, 1.807) is 73.2 Å². The highest BCUT2D eigenvalue weighted by molar-refractivity contribution is 7.10. The molecule has 7 N–H and O–H groups in total. The number of aryl methyl sites for hydroxylation is 6. The first-order valence-corrected chi connectivity index (χ1v) is 47.0. The van der Waals surface area contributed by atoms with E-state index in [4.69, 9.17) is 39.5 Å². The molecule has 22 heteroatoms. The molecule has 0 aliphatic rings. The summed E-state index contributed by atoms with van der Waals surface area (Å²) >= 11 is 21.3. The summed E-state index contributed by atoms with van der Waals surface area (Å²) in [6.07, 6.45) is 21.9. The molecule has 11 aromatic heterocycles. The van der Waals surface area contributed by atoms with Crippen molar-refractivity contribution < 1.29 is 35.4 Å². The fourth-order valence-electron chi connectivity index (χ4n) is 17.3. The predicted molar refractivity (Wildman–Crippen MR) is 552 cm³/mol. The van der Waals surface area contributed by atoms with Crippen molar-refractivity contribution in [3.05, 3.63) is 473 Å². The minimum Gasteiger partial charge on any atom is -0.508 e. The summed E-state index contributed by atoms with van der Waals surface area (Å²) in [7, 11) is 0. The molecule has 0 fully saturated rings. The van der Waals surface area contributed by atoms with Crippen LogP contribution in [0.5, 0.6) is 40.2 Å². The van der Waals surface area contributed by atoms with Gasteiger partial charge in [0, 0.05) is 193 Å². The van der Waals surface area contributed by atoms with E-state index in [1.165, 1.54) is 32.7 Å². The quantitative estimate of drug-likeness (QED) is 0.0332. The molecule has 20 rings (SSSR count). The smallest absolute Gasteiger partial charge is 0.147 e. The zero-order valence-electron chi connectivity index (χ0n) is 76.4. The number of hydrogen-bond donors (Lipinski definition) is 7. The third-order valence-corrected chi connectivity index (χ3v) is 26.4. The Labute approximate surface area is 814 Å². The second-order valence-electron chi connectivity index (χ2n) is 33.7. The Bertz CT molecular complexity index is 7620. The summed E-state index contributed by atoms with van der Waals surface area (Å²) in [6, 6.07) is 87.3. The Kier molecular flexibility index (Phi) is 30.7. The molecular formula is C115H100Cl3N11O7S. The molecular weight excluding hydrogens is 1790 g/mol. The van der Waals surface area contributed by atoms with E-state index in [-0.39, 0.29) is 58.2 Å². The molecule has 0 saturated heterocycles. The Hall–Kier alpha value is -15.3. The number of fused-ring (bicyclic) bond motifs is 5. The van der Waals surface area contributed by atoms with Crippen LogP contribution < -0.4 is 10.1 Å². The molecule has 0 aliphatic heterocycles. The Balaban J connectivity index is 0.000000124. The summed E-state index contributed by atoms with van der Waals surface area (Å²) in [5, 5.41) is 76.8. The minimum absolute atomic E-state index is 0.0516. The molecule has 0 saturated carbocycles. The highest BCUT2D eigenvalue weighted by Gasteiger charge is 2.30. The van der Waals surface area contributed by atoms with Crippen molar-refractivity contribution >= 4 is 106 Å². The number of rotatable bonds is 22. The van der Waals surface area contributed by atoms with Crippen LogP contribution in [0, 0.1) is 41.5 Å². The van der Waals surface area contributed by atoms with E-state index in [9.17, 15) is 30.6 Å². The third-order valence-electron chi connectivity index (χ3n) is 24.3. The summed E-state index contributed by atoms with van der Waals surface area (Å²) in [5.74, 6) is 2.37. The number of hydrogen-bond acceptors (Lipinski definition) is 19. The number of phenolic OH excluding ortho intramolecular Hbond substituents is 6. The summed E-state index contributed by atoms with van der Waals surface area (Å²) in [5.41, 5.74) is 21.4. The Morgan fingerprint density at radius 1 is 0.328 bits per heavy atom. The molecule has 20 aromatic rings. The molecule has 5 unspecified atom stereocenters. The number of anilines is 1. The summed E-state index contributed by atoms with van der Waals surface area (Å²) < 4.78 is 5.57. The molecule has 5 atom stereocenters. The maximum atomic E-state index is 11.1. The zero-order valence-corrected chi connectivity index (χ0v) is 79.5. The van der Waals surface area contributed by atoms with E-state index in [0.29, 0.717) is 79.9 Å². The topological polar surface area (TPSA) is 272 Å². The number of nitrogens with one attached hydrogen (secondary N) is 1. The molecule has 0 spiro atoms. The van der Waals surface area contributed by atoms with Gasteiger partial charge >= 0.3 is 0 Å². The van der Waals surface area contributed by atoms with Crippen molar-refractivity contribution in [3.8, 4) is 40.2 Å². The van der Waals surface area contributed by atoms with Gasteiger partial charge in [-0.3, -0.25) is 44.9 Å². The normalized spacial score (nSPS) is 12.2. The number of benzene rings is 9. The van der Waals surface area contributed by atoms with Gasteiger partial charge < -0.3 is 40.7 Å². The van der Waals surface area contributed by atoms with Crippen LogP contribution in [-0.2, 0) is 25.7 Å². The fourth-order valence-corrected chi connectivity index (χ4v) is 19.2. The Morgan fingerprint density at radius 2 is 0.810 bits per heavy atom. The van der Waals surface area contributed by atoms with Crippen LogP contribution in [0.4, 0.5) is 5.82 Å². The van der Waals surface area contributed by atoms with Crippen molar-refractivity contribution in [2.24, 2.45) is 0 Å². The average Bonchev–Trinajstić information content (AvgIpc) is 1.20. The first-order chi connectivity index (χ1) is 66.6. The number of phenols is 6. The van der Waals surface area contributed by atoms with Gasteiger partial charge in [-0.2, -0.15) is 0 Å². The highest BCUT2D eigenvalue weighted by atomic mass is 35.5. The van der Waals surface area contributed by atoms with E-state index in [1.807, 2.05) is 264 Å². The van der Waals surface area contributed by atoms with Gasteiger partial charge in [0.1, 0.15) is 73.6 Å². The number of aromatic nitrogens is 10. The van der Waals surface area contributed by atoms with Gasteiger partial charge in [-0.25, -0.2) is 4.98 Å². The predicted octanol–water partition coefficient (Wildman–Crippen LogP) is 27.4. The first kappa shape index (κ1) is 94.9. The van der Waals surface area contributed by atoms with Crippen LogP contribution in [0.15, 0.2) is 347 Å². The van der Waals surface area contributed by atoms with Gasteiger partial charge in [-0.05, 0) is 255 Å². The minimum atomic E-state index is -0.410. The van der Waals surface area contributed by atoms with Crippen molar-refractivity contribution in [1.29, 1.82) is 0 Å². The van der Waals surface area contributed by atoms with E-state index in [0.717, 1.165) is 112 Å². The van der Waals surface area contributed by atoms with E-state index in [2.05, 4.69) is 125 Å². The number of halogens is 3. The average molecular weight is 1890 g/mol. The number of thiophene rings is 1. The number of pyridine rings is 10. The molecule has 0 bridgehead atoms. The standard InChI is InChI=1S/C24H21ClN2O2.C24H21ClN2O.C23H21N3O2.C22H17ClN2O.C22H20N2OS/c1-2-29-18-10-8-16(9-11-18)20(14-17-6-3-4-12-26-17)21-15-22(25)19-7-5-13-27-23(19)24(21)28;1-15-7-8-16(2)19(11-15)20(12-17-5-3-9-26-14-17)21-13-22(25)18-6-4-10-27-23(18)24(21)28;1-14-9-11-24-20(12-14)26-21(17-6-5-15(2)19(27)13-17)18-8-7-16-4-3-10-25-22(16)23(18)28;23-20-9-2-1-8-17(20)19(14-16-7-3-4-12-24-16)18-11-10-15-6-5-13-25-21(15)22(18)26;1-14-7-10-23-17(12-14)13-19(22-15(2)8-11-26-22)18-6-5-16-4-3-9-24-20(16)21(18)25/h3-13,15,20,28H,2,14H2,1H3;3-11,13-14,20,28H,12H2,1-2H3;3-13,21,27-28H,1-2H3,(H,24,26);1-13,19,26H,14H2;3-12,19,25H,13H2,1-2H3. The molecule has 9 aromatic carbocycles. The van der Waals surface area contributed by atoms with Crippen LogP contribution in [0.1, 0.15) is 148 Å². The fraction of sp³-hybridized carbons (Fsp3) is 0.148. The number of aromatic hydroxyl groups is 6. The second-order valence-corrected chi connectivity index (χ2v) is 35.8. The maximum Gasteiger partial charge on any atom is 0.147 e. The van der Waals surface area contributed by atoms with Gasteiger partial charge in [-0.1, -0.05) is 174 Å². The van der Waals surface area contributed by atoms with Gasteiger partial charge in [0.15, 0.2) is 0 Å². The second kappa shape index (κ2) is 44.3. The van der Waals surface area contributed by atoms with Crippen LogP contribution >= 0.6 is 46.1 Å². The third kappa shape index (κ3) is 22.6. The van der Waals surface area contributed by atoms with Gasteiger partial charge in [0.05, 0.1) is 22.7 Å². The first-order valence-electron chi connectivity index (χ1n) is 45.0. The molecule has 137 heavy (non-hydrogen) atoms. The lowest BCUT2D eigenvalue weighted by Gasteiger charge is -2.23. The summed E-state index contributed by atoms with van der Waals surface area (Å²) in [6.45, 7) is 14.8. The lowest BCUT2D eigenvalue weighted by molar-refractivity contribution is 0.340. The molecule has 0 amide bonds. The van der Waals surface area contributed by atoms with E-state index < -0.39 is 6.04 Å². The lowest BCUT2D eigenvalue weighted by atomic mass is 9.82. The molecule has 684 valence electrons. The lowest BCUT2D eigenvalue weighted by Crippen LogP contribution is -2.14.